The smallest absolute Gasteiger partial charge is 0.320 e. The second kappa shape index (κ2) is 8.57. The summed E-state index contributed by atoms with van der Waals surface area (Å²) in [4.78, 5) is 33.8. The topological polar surface area (TPSA) is 56.3 Å². The fourth-order valence-electron chi connectivity index (χ4n) is 4.58. The number of hydrogen-bond donors (Lipinski definition) is 0. The Labute approximate surface area is 157 Å². The average molecular weight is 367 g/mol. The number of amides is 3. The van der Waals surface area contributed by atoms with Crippen LogP contribution in [0.15, 0.2) is 0 Å². The van der Waals surface area contributed by atoms with Crippen LogP contribution in [-0.4, -0.2) is 104 Å². The highest BCUT2D eigenvalue weighted by atomic mass is 16.5. The molecule has 0 saturated carbocycles. The van der Waals surface area contributed by atoms with Gasteiger partial charge >= 0.3 is 6.03 Å². The van der Waals surface area contributed by atoms with Crippen LogP contribution >= 0.6 is 0 Å². The molecule has 0 aromatic heterocycles. The highest BCUT2D eigenvalue weighted by Gasteiger charge is 2.44. The molecule has 3 aliphatic heterocycles. The summed E-state index contributed by atoms with van der Waals surface area (Å²) in [5.74, 6) is 0.215. The quantitative estimate of drug-likeness (QED) is 0.754. The van der Waals surface area contributed by atoms with Gasteiger partial charge in [0.1, 0.15) is 0 Å². The van der Waals surface area contributed by atoms with Crippen molar-refractivity contribution in [2.75, 3.05) is 66.6 Å². The maximum absolute atomic E-state index is 13.0. The van der Waals surface area contributed by atoms with Gasteiger partial charge in [-0.15, -0.1) is 0 Å². The van der Waals surface area contributed by atoms with Gasteiger partial charge in [-0.2, -0.15) is 0 Å². The molecule has 0 aromatic rings. The van der Waals surface area contributed by atoms with Crippen molar-refractivity contribution >= 4 is 11.9 Å². The molecule has 3 heterocycles. The first-order valence-electron chi connectivity index (χ1n) is 10.1. The van der Waals surface area contributed by atoms with Crippen molar-refractivity contribution in [3.8, 4) is 0 Å². The van der Waals surface area contributed by atoms with E-state index < -0.39 is 0 Å². The Morgan fingerprint density at radius 1 is 1.04 bits per heavy atom. The van der Waals surface area contributed by atoms with Gasteiger partial charge in [0.05, 0.1) is 6.61 Å². The molecule has 7 heteroatoms. The van der Waals surface area contributed by atoms with E-state index in [1.165, 1.54) is 6.42 Å². The molecule has 148 valence electrons. The minimum absolute atomic E-state index is 0.0822. The second-order valence-corrected chi connectivity index (χ2v) is 8.02. The predicted molar refractivity (Wildman–Crippen MR) is 100 cm³/mol. The van der Waals surface area contributed by atoms with E-state index in [9.17, 15) is 9.59 Å². The molecular formula is C19H34N4O3. The maximum Gasteiger partial charge on any atom is 0.320 e. The Kier molecular flexibility index (Phi) is 6.40. The lowest BCUT2D eigenvalue weighted by Crippen LogP contribution is -2.63. The summed E-state index contributed by atoms with van der Waals surface area (Å²) in [5.41, 5.74) is -0.0822. The Morgan fingerprint density at radius 3 is 2.54 bits per heavy atom. The molecule has 0 aromatic carbocycles. The number of ether oxygens (including phenoxy) is 1. The number of nitrogens with zero attached hydrogens (tertiary/aromatic N) is 4. The zero-order valence-electron chi connectivity index (χ0n) is 16.4. The second-order valence-electron chi connectivity index (χ2n) is 8.02. The molecule has 0 unspecified atom stereocenters. The van der Waals surface area contributed by atoms with Gasteiger partial charge < -0.3 is 19.4 Å². The Hall–Kier alpha value is -1.34. The van der Waals surface area contributed by atoms with Crippen LogP contribution in [0.2, 0.25) is 0 Å². The van der Waals surface area contributed by atoms with Crippen LogP contribution < -0.4 is 0 Å². The Bertz CT molecular complexity index is 509. The van der Waals surface area contributed by atoms with Gasteiger partial charge in [-0.05, 0) is 39.2 Å². The summed E-state index contributed by atoms with van der Waals surface area (Å²) in [7, 11) is 3.82. The van der Waals surface area contributed by atoms with Crippen molar-refractivity contribution in [2.24, 2.45) is 0 Å². The van der Waals surface area contributed by atoms with Crippen LogP contribution in [0.5, 0.6) is 0 Å². The van der Waals surface area contributed by atoms with Gasteiger partial charge in [-0.25, -0.2) is 4.79 Å². The number of carbonyl (C=O) groups excluding carboxylic acids is 2. The fraction of sp³-hybridized carbons (Fsp3) is 0.895. The minimum Gasteiger partial charge on any atom is -0.383 e. The van der Waals surface area contributed by atoms with Gasteiger partial charge in [0.15, 0.2) is 0 Å². The van der Waals surface area contributed by atoms with E-state index in [0.29, 0.717) is 19.6 Å². The molecule has 7 nitrogen and oxygen atoms in total. The number of piperazine rings is 1. The molecule has 0 N–H and O–H groups in total. The highest BCUT2D eigenvalue weighted by Crippen LogP contribution is 2.32. The van der Waals surface area contributed by atoms with Crippen molar-refractivity contribution in [2.45, 2.75) is 44.1 Å². The fourth-order valence-corrected chi connectivity index (χ4v) is 4.58. The first kappa shape index (κ1) is 19.4. The van der Waals surface area contributed by atoms with Crippen LogP contribution in [0.4, 0.5) is 4.79 Å². The molecule has 3 saturated heterocycles. The van der Waals surface area contributed by atoms with Crippen molar-refractivity contribution in [3.63, 3.8) is 0 Å². The normalized spacial score (nSPS) is 28.5. The Balaban J connectivity index is 1.67. The minimum atomic E-state index is -0.0822. The monoisotopic (exact) mass is 366 g/mol. The summed E-state index contributed by atoms with van der Waals surface area (Å²) < 4.78 is 5.14. The number of methoxy groups -OCH3 is 1. The van der Waals surface area contributed by atoms with E-state index in [4.69, 9.17) is 4.74 Å². The van der Waals surface area contributed by atoms with Crippen LogP contribution in [0.1, 0.15) is 38.5 Å². The van der Waals surface area contributed by atoms with Gasteiger partial charge in [-0.1, -0.05) is 0 Å². The SMILES string of the molecule is COCCN1CC[C@@]2(CCC1=O)CN(C(=O)N1CCCCC1)CCN2C. The lowest BCUT2D eigenvalue weighted by molar-refractivity contribution is -0.131. The lowest BCUT2D eigenvalue weighted by atomic mass is 9.86. The molecule has 0 aliphatic carbocycles. The van der Waals surface area contributed by atoms with Crippen LogP contribution in [0.3, 0.4) is 0 Å². The van der Waals surface area contributed by atoms with Gasteiger partial charge in [0, 0.05) is 64.9 Å². The van der Waals surface area contributed by atoms with Crippen LogP contribution in [0.25, 0.3) is 0 Å². The van der Waals surface area contributed by atoms with E-state index in [1.54, 1.807) is 7.11 Å². The molecule has 1 spiro atoms. The van der Waals surface area contributed by atoms with Crippen molar-refractivity contribution < 1.29 is 14.3 Å². The Morgan fingerprint density at radius 2 is 1.81 bits per heavy atom. The van der Waals surface area contributed by atoms with Crippen molar-refractivity contribution in [3.05, 3.63) is 0 Å². The van der Waals surface area contributed by atoms with Gasteiger partial charge in [0.2, 0.25) is 5.91 Å². The standard InChI is InChI=1S/C19H34N4O3/c1-20-12-13-23(18(25)22-9-4-3-5-10-22)16-19(20)7-6-17(24)21(11-8-19)14-15-26-2/h3-16H2,1-2H3/t19-/m0/s1. The maximum atomic E-state index is 13.0. The summed E-state index contributed by atoms with van der Waals surface area (Å²) in [5, 5.41) is 0. The van der Waals surface area contributed by atoms with Crippen molar-refractivity contribution in [1.82, 2.24) is 19.6 Å². The first-order valence-corrected chi connectivity index (χ1v) is 10.1. The lowest BCUT2D eigenvalue weighted by Gasteiger charge is -2.50. The number of likely N-dealkylation sites (N-methyl/N-ethyl adjacent to an activating group) is 1. The molecule has 26 heavy (non-hydrogen) atoms. The highest BCUT2D eigenvalue weighted by molar-refractivity contribution is 5.77. The molecule has 3 fully saturated rings. The summed E-state index contributed by atoms with van der Waals surface area (Å²) in [6.07, 6.45) is 5.77. The summed E-state index contributed by atoms with van der Waals surface area (Å²) in [6, 6.07) is 0.198. The van der Waals surface area contributed by atoms with Crippen LogP contribution in [-0.2, 0) is 9.53 Å². The zero-order valence-corrected chi connectivity index (χ0v) is 16.4. The van der Waals surface area contributed by atoms with E-state index >= 15 is 0 Å². The molecule has 3 aliphatic rings. The number of likely N-dealkylation sites (tertiary alicyclic amines) is 2. The number of urea groups is 1. The number of hydrogen-bond acceptors (Lipinski definition) is 4. The summed E-state index contributed by atoms with van der Waals surface area (Å²) >= 11 is 0. The molecule has 0 radical (unpaired) electrons. The average Bonchev–Trinajstić information content (AvgIpc) is 2.83. The van der Waals surface area contributed by atoms with E-state index in [2.05, 4.69) is 11.9 Å². The van der Waals surface area contributed by atoms with Gasteiger partial charge in [0.25, 0.3) is 0 Å². The third kappa shape index (κ3) is 4.14. The largest absolute Gasteiger partial charge is 0.383 e. The van der Waals surface area contributed by atoms with Gasteiger partial charge in [-0.3, -0.25) is 9.69 Å². The van der Waals surface area contributed by atoms with E-state index in [0.717, 1.165) is 65.0 Å². The molecule has 3 amide bonds. The molecule has 1 atom stereocenters. The van der Waals surface area contributed by atoms with E-state index in [-0.39, 0.29) is 17.5 Å². The van der Waals surface area contributed by atoms with Crippen LogP contribution in [0, 0.1) is 0 Å². The van der Waals surface area contributed by atoms with E-state index in [1.807, 2.05) is 14.7 Å². The van der Waals surface area contributed by atoms with Crippen molar-refractivity contribution in [1.29, 1.82) is 0 Å². The third-order valence-corrected chi connectivity index (χ3v) is 6.47. The molecular weight excluding hydrogens is 332 g/mol. The first-order chi connectivity index (χ1) is 12.6. The number of piperidine rings is 1. The zero-order chi connectivity index (χ0) is 18.6. The number of carbonyl (C=O) groups is 2. The molecule has 3 rings (SSSR count). The number of rotatable bonds is 3. The third-order valence-electron chi connectivity index (χ3n) is 6.47. The molecule has 0 bridgehead atoms. The summed E-state index contributed by atoms with van der Waals surface area (Å²) in [6.45, 7) is 6.17. The predicted octanol–water partition coefficient (Wildman–Crippen LogP) is 1.24.